The highest BCUT2D eigenvalue weighted by Gasteiger charge is 2.32. The van der Waals surface area contributed by atoms with Gasteiger partial charge in [-0.3, -0.25) is 14.3 Å². The molecular weight excluding hydrogens is 555 g/mol. The molecule has 1 aliphatic rings. The Labute approximate surface area is 245 Å². The fourth-order valence-corrected chi connectivity index (χ4v) is 6.87. The number of hydrogen-bond acceptors (Lipinski definition) is 5. The van der Waals surface area contributed by atoms with Gasteiger partial charge in [-0.1, -0.05) is 48.5 Å². The van der Waals surface area contributed by atoms with Gasteiger partial charge in [-0.25, -0.2) is 8.42 Å². The molecule has 0 aromatic heterocycles. The first-order chi connectivity index (χ1) is 19.7. The molecule has 1 saturated heterocycles. The molecular formula is C32H31N3O4S2. The van der Waals surface area contributed by atoms with Gasteiger partial charge in [0.1, 0.15) is 5.37 Å². The molecule has 0 aliphatic carbocycles. The van der Waals surface area contributed by atoms with E-state index in [1.165, 1.54) is 17.7 Å². The van der Waals surface area contributed by atoms with Crippen LogP contribution in [0, 0.1) is 13.8 Å². The maximum atomic E-state index is 12.9. The number of benzene rings is 4. The number of amides is 2. The van der Waals surface area contributed by atoms with Crippen molar-refractivity contribution < 1.29 is 18.0 Å². The van der Waals surface area contributed by atoms with Crippen LogP contribution in [0.5, 0.6) is 0 Å². The molecule has 2 N–H and O–H groups in total. The summed E-state index contributed by atoms with van der Waals surface area (Å²) in [6, 6.07) is 28.8. The maximum Gasteiger partial charge on any atom is 0.261 e. The number of nitrogens with zero attached hydrogens (tertiary/aromatic N) is 1. The van der Waals surface area contributed by atoms with Gasteiger partial charge in [0, 0.05) is 23.5 Å². The van der Waals surface area contributed by atoms with Crippen molar-refractivity contribution in [3.8, 4) is 0 Å². The minimum Gasteiger partial charge on any atom is -0.326 e. The number of carbonyl (C=O) groups excluding carboxylic acids is 2. The molecule has 7 nitrogen and oxygen atoms in total. The fraction of sp³-hybridized carbons (Fsp3) is 0.188. The number of rotatable bonds is 9. The molecule has 210 valence electrons. The van der Waals surface area contributed by atoms with Crippen LogP contribution in [-0.2, 0) is 21.2 Å². The standard InChI is InChI=1S/C32H31N3O4S2/c1-22-8-13-28(20-23(22)2)34-41(38,39)29-16-14-27(15-17-29)33-31(37)25-9-11-26(12-10-25)32-35(30(36)21-40-32)19-18-24-6-4-3-5-7-24/h3-17,20,32,34H,18-19,21H2,1-2H3,(H,33,37)/t32-/m0/s1. The van der Waals surface area contributed by atoms with Crippen LogP contribution in [0.15, 0.2) is 102 Å². The second-order valence-electron chi connectivity index (χ2n) is 9.99. The van der Waals surface area contributed by atoms with Crippen molar-refractivity contribution in [1.29, 1.82) is 0 Å². The number of sulfonamides is 1. The van der Waals surface area contributed by atoms with E-state index in [4.69, 9.17) is 0 Å². The van der Waals surface area contributed by atoms with E-state index in [-0.39, 0.29) is 22.1 Å². The zero-order chi connectivity index (χ0) is 29.0. The summed E-state index contributed by atoms with van der Waals surface area (Å²) < 4.78 is 28.2. The number of anilines is 2. The van der Waals surface area contributed by atoms with Crippen molar-refractivity contribution in [2.45, 2.75) is 30.5 Å². The van der Waals surface area contributed by atoms with E-state index < -0.39 is 10.0 Å². The monoisotopic (exact) mass is 585 g/mol. The average molecular weight is 586 g/mol. The molecule has 1 atom stereocenters. The number of carbonyl (C=O) groups is 2. The number of aryl methyl sites for hydroxylation is 2. The van der Waals surface area contributed by atoms with Gasteiger partial charge in [-0.05, 0) is 91.1 Å². The molecule has 0 unspecified atom stereocenters. The van der Waals surface area contributed by atoms with Crippen LogP contribution in [0.3, 0.4) is 0 Å². The topological polar surface area (TPSA) is 95.6 Å². The Balaban J connectivity index is 1.20. The van der Waals surface area contributed by atoms with Gasteiger partial charge in [0.05, 0.1) is 10.6 Å². The Kier molecular flexibility index (Phi) is 8.46. The van der Waals surface area contributed by atoms with Crippen molar-refractivity contribution in [1.82, 2.24) is 4.90 Å². The van der Waals surface area contributed by atoms with E-state index in [0.29, 0.717) is 29.2 Å². The van der Waals surface area contributed by atoms with Crippen LogP contribution >= 0.6 is 11.8 Å². The zero-order valence-corrected chi connectivity index (χ0v) is 24.5. The summed E-state index contributed by atoms with van der Waals surface area (Å²) in [6.07, 6.45) is 0.784. The van der Waals surface area contributed by atoms with E-state index in [9.17, 15) is 18.0 Å². The molecule has 1 fully saturated rings. The van der Waals surface area contributed by atoms with Gasteiger partial charge in [-0.15, -0.1) is 11.8 Å². The smallest absolute Gasteiger partial charge is 0.261 e. The zero-order valence-electron chi connectivity index (χ0n) is 22.8. The lowest BCUT2D eigenvalue weighted by molar-refractivity contribution is -0.128. The van der Waals surface area contributed by atoms with E-state index in [1.807, 2.05) is 55.1 Å². The second kappa shape index (κ2) is 12.2. The van der Waals surface area contributed by atoms with Gasteiger partial charge >= 0.3 is 0 Å². The Bertz CT molecular complexity index is 1660. The predicted octanol–water partition coefficient (Wildman–Crippen LogP) is 6.17. The minimum atomic E-state index is -3.77. The van der Waals surface area contributed by atoms with Gasteiger partial charge in [0.2, 0.25) is 5.91 Å². The van der Waals surface area contributed by atoms with E-state index >= 15 is 0 Å². The molecule has 5 rings (SSSR count). The van der Waals surface area contributed by atoms with Crippen molar-refractivity contribution in [3.63, 3.8) is 0 Å². The lowest BCUT2D eigenvalue weighted by Crippen LogP contribution is -2.30. The SMILES string of the molecule is Cc1ccc(NS(=O)(=O)c2ccc(NC(=O)c3ccc([C@@H]4SCC(=O)N4CCc4ccccc4)cc3)cc2)cc1C. The molecule has 41 heavy (non-hydrogen) atoms. The van der Waals surface area contributed by atoms with Crippen LogP contribution in [0.25, 0.3) is 0 Å². The molecule has 0 radical (unpaired) electrons. The molecule has 1 heterocycles. The van der Waals surface area contributed by atoms with Crippen LogP contribution in [0.4, 0.5) is 11.4 Å². The predicted molar refractivity (Wildman–Crippen MR) is 165 cm³/mol. The van der Waals surface area contributed by atoms with Crippen LogP contribution in [0.1, 0.15) is 38.0 Å². The van der Waals surface area contributed by atoms with Crippen LogP contribution in [0.2, 0.25) is 0 Å². The molecule has 1 aliphatic heterocycles. The molecule has 2 amide bonds. The number of nitrogens with one attached hydrogen (secondary N) is 2. The summed E-state index contributed by atoms with van der Waals surface area (Å²) in [5.41, 5.74) is 5.67. The molecule has 0 bridgehead atoms. The van der Waals surface area contributed by atoms with E-state index in [2.05, 4.69) is 22.2 Å². The van der Waals surface area contributed by atoms with Crippen molar-refractivity contribution in [2.24, 2.45) is 0 Å². The van der Waals surface area contributed by atoms with Gasteiger partial charge < -0.3 is 10.2 Å². The number of thioether (sulfide) groups is 1. The third-order valence-electron chi connectivity index (χ3n) is 7.09. The number of hydrogen-bond donors (Lipinski definition) is 2. The normalized spacial score (nSPS) is 15.1. The molecule has 4 aromatic carbocycles. The quantitative estimate of drug-likeness (QED) is 0.245. The van der Waals surface area contributed by atoms with Gasteiger partial charge in [-0.2, -0.15) is 0 Å². The summed E-state index contributed by atoms with van der Waals surface area (Å²) in [5, 5.41) is 2.73. The summed E-state index contributed by atoms with van der Waals surface area (Å²) in [7, 11) is -3.77. The van der Waals surface area contributed by atoms with E-state index in [0.717, 1.165) is 23.1 Å². The van der Waals surface area contributed by atoms with E-state index in [1.54, 1.807) is 48.2 Å². The Morgan fingerprint density at radius 3 is 2.24 bits per heavy atom. The van der Waals surface area contributed by atoms with Crippen molar-refractivity contribution in [2.75, 3.05) is 22.3 Å². The molecule has 9 heteroatoms. The van der Waals surface area contributed by atoms with Crippen molar-refractivity contribution >= 4 is 45.0 Å². The third kappa shape index (κ3) is 6.81. The third-order valence-corrected chi connectivity index (χ3v) is 9.75. The van der Waals surface area contributed by atoms with Gasteiger partial charge in [0.15, 0.2) is 0 Å². The molecule has 4 aromatic rings. The first kappa shape index (κ1) is 28.4. The largest absolute Gasteiger partial charge is 0.326 e. The second-order valence-corrected chi connectivity index (χ2v) is 12.7. The van der Waals surface area contributed by atoms with Crippen molar-refractivity contribution in [3.05, 3.63) is 125 Å². The highest BCUT2D eigenvalue weighted by Crippen LogP contribution is 2.38. The summed E-state index contributed by atoms with van der Waals surface area (Å²) in [4.78, 5) is 27.4. The minimum absolute atomic E-state index is 0.0877. The Hall–Kier alpha value is -4.08. The van der Waals surface area contributed by atoms with Gasteiger partial charge in [0.25, 0.3) is 15.9 Å². The first-order valence-electron chi connectivity index (χ1n) is 13.3. The summed E-state index contributed by atoms with van der Waals surface area (Å²) >= 11 is 1.59. The highest BCUT2D eigenvalue weighted by molar-refractivity contribution is 8.00. The Morgan fingerprint density at radius 2 is 1.56 bits per heavy atom. The van der Waals surface area contributed by atoms with Crippen LogP contribution in [-0.4, -0.2) is 37.4 Å². The Morgan fingerprint density at radius 1 is 0.878 bits per heavy atom. The highest BCUT2D eigenvalue weighted by atomic mass is 32.2. The molecule has 0 saturated carbocycles. The summed E-state index contributed by atoms with van der Waals surface area (Å²) in [6.45, 7) is 4.52. The fourth-order valence-electron chi connectivity index (χ4n) is 4.61. The lowest BCUT2D eigenvalue weighted by atomic mass is 10.1. The maximum absolute atomic E-state index is 12.9. The lowest BCUT2D eigenvalue weighted by Gasteiger charge is -2.24. The molecule has 0 spiro atoms. The average Bonchev–Trinajstić information content (AvgIpc) is 3.34. The summed E-state index contributed by atoms with van der Waals surface area (Å²) in [5.74, 6) is 0.247. The van der Waals surface area contributed by atoms with Crippen LogP contribution < -0.4 is 10.0 Å². The first-order valence-corrected chi connectivity index (χ1v) is 15.8.